The van der Waals surface area contributed by atoms with E-state index in [1.54, 1.807) is 0 Å². The molecule has 0 unspecified atom stereocenters. The molecule has 8 N–H and O–H groups in total. The van der Waals surface area contributed by atoms with E-state index in [9.17, 15) is 9.59 Å². The van der Waals surface area contributed by atoms with Gasteiger partial charge in [-0.2, -0.15) is 0 Å². The van der Waals surface area contributed by atoms with E-state index in [2.05, 4.69) is 15.6 Å². The lowest BCUT2D eigenvalue weighted by Crippen LogP contribution is -2.51. The minimum Gasteiger partial charge on any atom is -0.370 e. The van der Waals surface area contributed by atoms with E-state index in [1.807, 2.05) is 30.3 Å². The van der Waals surface area contributed by atoms with Crippen molar-refractivity contribution in [2.24, 2.45) is 22.2 Å². The summed E-state index contributed by atoms with van der Waals surface area (Å²) in [5, 5.41) is 5.73. The number of benzene rings is 1. The van der Waals surface area contributed by atoms with E-state index in [1.165, 1.54) is 0 Å². The Labute approximate surface area is 134 Å². The molecule has 2 amide bonds. The minimum absolute atomic E-state index is 0.00283. The average molecular weight is 318 g/mol. The molecule has 8 nitrogen and oxygen atoms in total. The van der Waals surface area contributed by atoms with Crippen molar-refractivity contribution in [3.63, 3.8) is 0 Å². The highest BCUT2D eigenvalue weighted by Crippen LogP contribution is 2.11. The second-order valence-corrected chi connectivity index (χ2v) is 5.56. The molecule has 0 radical (unpaired) electrons. The van der Waals surface area contributed by atoms with Gasteiger partial charge in [-0.1, -0.05) is 30.3 Å². The molecule has 1 heterocycles. The van der Waals surface area contributed by atoms with Gasteiger partial charge in [-0.3, -0.25) is 9.59 Å². The summed E-state index contributed by atoms with van der Waals surface area (Å²) < 4.78 is 0. The molecule has 0 aliphatic carbocycles. The summed E-state index contributed by atoms with van der Waals surface area (Å²) in [5.41, 5.74) is 17.0. The smallest absolute Gasteiger partial charge is 0.240 e. The first-order chi connectivity index (χ1) is 11.0. The molecule has 124 valence electrons. The second kappa shape index (κ2) is 7.59. The predicted molar refractivity (Wildman–Crippen MR) is 87.3 cm³/mol. The van der Waals surface area contributed by atoms with E-state index >= 15 is 0 Å². The van der Waals surface area contributed by atoms with Crippen molar-refractivity contribution in [3.8, 4) is 0 Å². The van der Waals surface area contributed by atoms with Gasteiger partial charge in [0.2, 0.25) is 11.8 Å². The van der Waals surface area contributed by atoms with Crippen molar-refractivity contribution in [2.75, 3.05) is 6.54 Å². The predicted octanol–water partition coefficient (Wildman–Crippen LogP) is -1.80. The van der Waals surface area contributed by atoms with Crippen LogP contribution in [0.2, 0.25) is 0 Å². The van der Waals surface area contributed by atoms with Gasteiger partial charge in [0.1, 0.15) is 6.04 Å². The number of aliphatic imine (C=N–C) groups is 1. The van der Waals surface area contributed by atoms with Gasteiger partial charge in [0.05, 0.1) is 12.1 Å². The van der Waals surface area contributed by atoms with Gasteiger partial charge in [-0.15, -0.1) is 0 Å². The van der Waals surface area contributed by atoms with Gasteiger partial charge in [-0.05, 0) is 12.0 Å². The number of nitrogens with one attached hydrogen (secondary N) is 2. The van der Waals surface area contributed by atoms with Crippen LogP contribution in [-0.2, 0) is 16.0 Å². The number of hydrogen-bond acceptors (Lipinski definition) is 4. The van der Waals surface area contributed by atoms with Crippen molar-refractivity contribution < 1.29 is 9.59 Å². The number of amides is 2. The van der Waals surface area contributed by atoms with Crippen LogP contribution < -0.4 is 27.8 Å². The maximum Gasteiger partial charge on any atom is 0.240 e. The van der Waals surface area contributed by atoms with Crippen LogP contribution in [-0.4, -0.2) is 42.4 Å². The molecule has 0 spiro atoms. The Balaban J connectivity index is 1.94. The third-order valence-electron chi connectivity index (χ3n) is 3.70. The lowest BCUT2D eigenvalue weighted by atomic mass is 10.0. The van der Waals surface area contributed by atoms with Gasteiger partial charge >= 0.3 is 0 Å². The molecule has 1 saturated heterocycles. The molecule has 1 aliphatic heterocycles. The zero-order valence-electron chi connectivity index (χ0n) is 12.7. The number of nitrogens with zero attached hydrogens (tertiary/aromatic N) is 1. The molecule has 8 heteroatoms. The molecule has 1 aliphatic rings. The van der Waals surface area contributed by atoms with Crippen LogP contribution in [0.15, 0.2) is 35.3 Å². The van der Waals surface area contributed by atoms with E-state index in [-0.39, 0.29) is 17.9 Å². The van der Waals surface area contributed by atoms with Crippen LogP contribution in [0.3, 0.4) is 0 Å². The summed E-state index contributed by atoms with van der Waals surface area (Å²) in [6.45, 7) is 0.510. The van der Waals surface area contributed by atoms with Crippen LogP contribution in [0.1, 0.15) is 12.0 Å². The van der Waals surface area contributed by atoms with Crippen molar-refractivity contribution in [2.45, 2.75) is 31.0 Å². The van der Waals surface area contributed by atoms with Crippen LogP contribution in [0.4, 0.5) is 0 Å². The summed E-state index contributed by atoms with van der Waals surface area (Å²) >= 11 is 0. The van der Waals surface area contributed by atoms with Gasteiger partial charge in [0.25, 0.3) is 0 Å². The summed E-state index contributed by atoms with van der Waals surface area (Å²) in [4.78, 5) is 27.9. The largest absolute Gasteiger partial charge is 0.370 e. The molecular formula is C15H22N6O2. The number of guanidine groups is 1. The Kier molecular flexibility index (Phi) is 5.53. The van der Waals surface area contributed by atoms with Gasteiger partial charge in [-0.25, -0.2) is 4.99 Å². The first kappa shape index (κ1) is 16.8. The highest BCUT2D eigenvalue weighted by molar-refractivity contribution is 5.89. The molecular weight excluding hydrogens is 296 g/mol. The lowest BCUT2D eigenvalue weighted by Gasteiger charge is -2.18. The maximum absolute atomic E-state index is 12.3. The van der Waals surface area contributed by atoms with Gasteiger partial charge < -0.3 is 27.8 Å². The maximum atomic E-state index is 12.3. The molecule has 1 fully saturated rings. The fourth-order valence-corrected chi connectivity index (χ4v) is 2.57. The van der Waals surface area contributed by atoms with Crippen molar-refractivity contribution in [1.82, 2.24) is 10.6 Å². The standard InChI is InChI=1S/C15H22N6O2/c16-13(22)11(6-9-4-2-1-3-5-9)21-14(23)12-7-10(8-19-12)20-15(17)18/h1-5,10-12,19H,6-8H2,(H2,16,22)(H,21,23)(H4,17,18,20)/t10-,11-,12-/m0/s1. The zero-order chi connectivity index (χ0) is 16.8. The highest BCUT2D eigenvalue weighted by atomic mass is 16.2. The lowest BCUT2D eigenvalue weighted by molar-refractivity contribution is -0.128. The van der Waals surface area contributed by atoms with E-state index in [0.29, 0.717) is 19.4 Å². The van der Waals surface area contributed by atoms with E-state index in [4.69, 9.17) is 17.2 Å². The van der Waals surface area contributed by atoms with Gasteiger partial charge in [0.15, 0.2) is 5.96 Å². The second-order valence-electron chi connectivity index (χ2n) is 5.56. The Morgan fingerprint density at radius 1 is 1.26 bits per heavy atom. The van der Waals surface area contributed by atoms with Crippen LogP contribution in [0, 0.1) is 0 Å². The summed E-state index contributed by atoms with van der Waals surface area (Å²) in [6, 6.07) is 8.04. The first-order valence-corrected chi connectivity index (χ1v) is 7.41. The van der Waals surface area contributed by atoms with Crippen LogP contribution in [0.25, 0.3) is 0 Å². The third kappa shape index (κ3) is 4.96. The minimum atomic E-state index is -0.756. The Bertz CT molecular complexity index is 585. The summed E-state index contributed by atoms with van der Waals surface area (Å²) in [7, 11) is 0. The van der Waals surface area contributed by atoms with E-state index < -0.39 is 18.0 Å². The van der Waals surface area contributed by atoms with Crippen LogP contribution in [0.5, 0.6) is 0 Å². The molecule has 3 atom stereocenters. The fourth-order valence-electron chi connectivity index (χ4n) is 2.57. The summed E-state index contributed by atoms with van der Waals surface area (Å²) in [5.74, 6) is -0.851. The third-order valence-corrected chi connectivity index (χ3v) is 3.70. The normalized spacial score (nSPS) is 21.4. The number of primary amides is 1. The zero-order valence-corrected chi connectivity index (χ0v) is 12.7. The Hall–Kier alpha value is -2.61. The number of carbonyl (C=O) groups excluding carboxylic acids is 2. The monoisotopic (exact) mass is 318 g/mol. The number of nitrogens with two attached hydrogens (primary N) is 3. The van der Waals surface area contributed by atoms with Crippen molar-refractivity contribution in [1.29, 1.82) is 0 Å². The number of rotatable bonds is 6. The topological polar surface area (TPSA) is 149 Å². The Morgan fingerprint density at radius 3 is 2.57 bits per heavy atom. The fraction of sp³-hybridized carbons (Fsp3) is 0.400. The molecule has 2 rings (SSSR count). The van der Waals surface area contributed by atoms with Crippen molar-refractivity contribution in [3.05, 3.63) is 35.9 Å². The van der Waals surface area contributed by atoms with Crippen LogP contribution >= 0.6 is 0 Å². The molecule has 0 aromatic heterocycles. The van der Waals surface area contributed by atoms with Gasteiger partial charge in [0, 0.05) is 13.0 Å². The Morgan fingerprint density at radius 2 is 1.96 bits per heavy atom. The molecule has 0 saturated carbocycles. The molecule has 1 aromatic rings. The molecule has 23 heavy (non-hydrogen) atoms. The SMILES string of the molecule is NC(=O)[C@H](Cc1ccccc1)NC(=O)[C@@H]1C[C@H](N=C(N)N)CN1. The number of carbonyl (C=O) groups is 2. The average Bonchev–Trinajstić information content (AvgIpc) is 2.95. The first-order valence-electron chi connectivity index (χ1n) is 7.41. The molecule has 1 aromatic carbocycles. The quantitative estimate of drug-likeness (QED) is 0.310. The molecule has 0 bridgehead atoms. The van der Waals surface area contributed by atoms with Crippen molar-refractivity contribution >= 4 is 17.8 Å². The number of hydrogen-bond donors (Lipinski definition) is 5. The van der Waals surface area contributed by atoms with E-state index in [0.717, 1.165) is 5.56 Å². The highest BCUT2D eigenvalue weighted by Gasteiger charge is 2.31. The summed E-state index contributed by atoms with van der Waals surface area (Å²) in [6.07, 6.45) is 0.826.